The lowest BCUT2D eigenvalue weighted by molar-refractivity contribution is -0.156. The van der Waals surface area contributed by atoms with Gasteiger partial charge >= 0.3 is 5.97 Å². The molecule has 0 unspecified atom stereocenters. The minimum Gasteiger partial charge on any atom is -0.497 e. The highest BCUT2D eigenvalue weighted by atomic mass is 16.5. The largest absolute Gasteiger partial charge is 0.497 e. The average molecular weight is 263 g/mol. The molecule has 1 aromatic rings. The van der Waals surface area contributed by atoms with Gasteiger partial charge in [0, 0.05) is 6.54 Å². The molecule has 1 fully saturated rings. The monoisotopic (exact) mass is 263 g/mol. The summed E-state index contributed by atoms with van der Waals surface area (Å²) in [7, 11) is 1.62. The van der Waals surface area contributed by atoms with E-state index in [1.54, 1.807) is 7.11 Å². The van der Waals surface area contributed by atoms with E-state index in [1.807, 2.05) is 24.3 Å². The Balaban J connectivity index is 1.96. The molecule has 0 radical (unpaired) electrons. The second-order valence-electron chi connectivity index (χ2n) is 5.12. The summed E-state index contributed by atoms with van der Waals surface area (Å²) in [5, 5.41) is 0. The first-order valence-corrected chi connectivity index (χ1v) is 6.70. The zero-order valence-electron chi connectivity index (χ0n) is 11.4. The first-order valence-electron chi connectivity index (χ1n) is 6.70. The lowest BCUT2D eigenvalue weighted by Crippen LogP contribution is -2.37. The van der Waals surface area contributed by atoms with Crippen LogP contribution in [0, 0.1) is 5.41 Å². The molecule has 104 valence electrons. The number of rotatable bonds is 5. The van der Waals surface area contributed by atoms with Crippen molar-refractivity contribution in [3.63, 3.8) is 0 Å². The first kappa shape index (κ1) is 13.9. The smallest absolute Gasteiger partial charge is 0.313 e. The fourth-order valence-electron chi connectivity index (χ4n) is 2.61. The summed E-state index contributed by atoms with van der Waals surface area (Å²) in [6, 6.07) is 7.54. The van der Waals surface area contributed by atoms with Crippen molar-refractivity contribution >= 4 is 5.97 Å². The average Bonchev–Trinajstić information content (AvgIpc) is 2.95. The van der Waals surface area contributed by atoms with Gasteiger partial charge in [-0.25, -0.2) is 0 Å². The van der Waals surface area contributed by atoms with Crippen LogP contribution in [-0.4, -0.2) is 19.6 Å². The molecule has 0 spiro atoms. The van der Waals surface area contributed by atoms with Crippen LogP contribution in [0.15, 0.2) is 24.3 Å². The quantitative estimate of drug-likeness (QED) is 0.828. The van der Waals surface area contributed by atoms with E-state index in [2.05, 4.69) is 0 Å². The maximum Gasteiger partial charge on any atom is 0.313 e. The van der Waals surface area contributed by atoms with Crippen LogP contribution in [0.5, 0.6) is 5.75 Å². The van der Waals surface area contributed by atoms with Gasteiger partial charge in [-0.05, 0) is 30.5 Å². The molecule has 0 aromatic heterocycles. The number of benzene rings is 1. The summed E-state index contributed by atoms with van der Waals surface area (Å²) >= 11 is 0. The van der Waals surface area contributed by atoms with Crippen LogP contribution in [0.1, 0.15) is 31.2 Å². The topological polar surface area (TPSA) is 61.5 Å². The molecule has 0 amide bonds. The summed E-state index contributed by atoms with van der Waals surface area (Å²) in [6.45, 7) is 0.654. The molecular weight excluding hydrogens is 242 g/mol. The summed E-state index contributed by atoms with van der Waals surface area (Å²) in [6.07, 6.45) is 3.82. The van der Waals surface area contributed by atoms with Crippen LogP contribution in [0.2, 0.25) is 0 Å². The molecule has 2 N–H and O–H groups in total. The van der Waals surface area contributed by atoms with Gasteiger partial charge in [0.05, 0.1) is 12.5 Å². The third kappa shape index (κ3) is 3.07. The Morgan fingerprint density at radius 1 is 1.37 bits per heavy atom. The number of nitrogens with two attached hydrogens (primary N) is 1. The summed E-state index contributed by atoms with van der Waals surface area (Å²) in [5.74, 6) is 0.610. The maximum atomic E-state index is 12.2. The molecule has 19 heavy (non-hydrogen) atoms. The molecule has 0 aliphatic heterocycles. The molecule has 0 atom stereocenters. The van der Waals surface area contributed by atoms with E-state index in [4.69, 9.17) is 15.2 Å². The number of methoxy groups -OCH3 is 1. The number of carbonyl (C=O) groups excluding carboxylic acids is 1. The van der Waals surface area contributed by atoms with E-state index < -0.39 is 5.41 Å². The van der Waals surface area contributed by atoms with Crippen LogP contribution < -0.4 is 10.5 Å². The fraction of sp³-hybridized carbons (Fsp3) is 0.533. The summed E-state index contributed by atoms with van der Waals surface area (Å²) in [5.41, 5.74) is 6.25. The van der Waals surface area contributed by atoms with Crippen LogP contribution in [0.25, 0.3) is 0 Å². The van der Waals surface area contributed by atoms with Gasteiger partial charge in [-0.2, -0.15) is 0 Å². The number of hydrogen-bond donors (Lipinski definition) is 1. The highest BCUT2D eigenvalue weighted by Gasteiger charge is 2.41. The normalized spacial score (nSPS) is 17.2. The molecule has 2 rings (SSSR count). The minimum atomic E-state index is -0.446. The Morgan fingerprint density at radius 2 is 2.11 bits per heavy atom. The number of esters is 1. The van der Waals surface area contributed by atoms with Gasteiger partial charge in [-0.1, -0.05) is 25.0 Å². The third-order valence-electron chi connectivity index (χ3n) is 3.89. The van der Waals surface area contributed by atoms with Gasteiger partial charge in [0.1, 0.15) is 12.4 Å². The zero-order chi connectivity index (χ0) is 13.7. The second-order valence-corrected chi connectivity index (χ2v) is 5.12. The van der Waals surface area contributed by atoms with Crippen molar-refractivity contribution in [1.82, 2.24) is 0 Å². The van der Waals surface area contributed by atoms with E-state index in [0.717, 1.165) is 37.0 Å². The van der Waals surface area contributed by atoms with Gasteiger partial charge in [0.15, 0.2) is 0 Å². The van der Waals surface area contributed by atoms with E-state index in [-0.39, 0.29) is 12.6 Å². The standard InChI is InChI=1S/C15H21NO3/c1-18-13-6-4-5-12(9-13)10-19-14(17)15(11-16)7-2-3-8-15/h4-6,9H,2-3,7-8,10-11,16H2,1H3. The lowest BCUT2D eigenvalue weighted by Gasteiger charge is -2.24. The summed E-state index contributed by atoms with van der Waals surface area (Å²) < 4.78 is 10.6. The number of ether oxygens (including phenoxy) is 2. The zero-order valence-corrected chi connectivity index (χ0v) is 11.4. The van der Waals surface area contributed by atoms with E-state index >= 15 is 0 Å². The van der Waals surface area contributed by atoms with Gasteiger partial charge < -0.3 is 15.2 Å². The van der Waals surface area contributed by atoms with Gasteiger partial charge in [0.25, 0.3) is 0 Å². The Hall–Kier alpha value is -1.55. The lowest BCUT2D eigenvalue weighted by atomic mass is 9.86. The SMILES string of the molecule is COc1cccc(COC(=O)C2(CN)CCCC2)c1. The van der Waals surface area contributed by atoms with Gasteiger partial charge in [-0.3, -0.25) is 4.79 Å². The predicted octanol–water partition coefficient (Wildman–Crippen LogP) is 2.26. The van der Waals surface area contributed by atoms with Crippen molar-refractivity contribution < 1.29 is 14.3 Å². The van der Waals surface area contributed by atoms with Crippen molar-refractivity contribution in [2.45, 2.75) is 32.3 Å². The Labute approximate surface area is 113 Å². The molecular formula is C15H21NO3. The van der Waals surface area contributed by atoms with Crippen LogP contribution in [0.3, 0.4) is 0 Å². The second kappa shape index (κ2) is 6.06. The van der Waals surface area contributed by atoms with Crippen molar-refractivity contribution in [1.29, 1.82) is 0 Å². The highest BCUT2D eigenvalue weighted by molar-refractivity contribution is 5.77. The van der Waals surface area contributed by atoms with Gasteiger partial charge in [-0.15, -0.1) is 0 Å². The summed E-state index contributed by atoms with van der Waals surface area (Å²) in [4.78, 5) is 12.2. The molecule has 4 heteroatoms. The third-order valence-corrected chi connectivity index (χ3v) is 3.89. The maximum absolute atomic E-state index is 12.2. The molecule has 1 aromatic carbocycles. The molecule has 4 nitrogen and oxygen atoms in total. The van der Waals surface area contributed by atoms with E-state index in [0.29, 0.717) is 6.54 Å². The molecule has 1 aliphatic carbocycles. The number of carbonyl (C=O) groups is 1. The molecule has 0 saturated heterocycles. The Morgan fingerprint density at radius 3 is 2.74 bits per heavy atom. The molecule has 1 aliphatic rings. The van der Waals surface area contributed by atoms with E-state index in [1.165, 1.54) is 0 Å². The van der Waals surface area contributed by atoms with Crippen molar-refractivity contribution in [2.24, 2.45) is 11.1 Å². The number of hydrogen-bond acceptors (Lipinski definition) is 4. The first-order chi connectivity index (χ1) is 9.20. The minimum absolute atomic E-state index is 0.157. The van der Waals surface area contributed by atoms with Gasteiger partial charge in [0.2, 0.25) is 0 Å². The fourth-order valence-corrected chi connectivity index (χ4v) is 2.61. The van der Waals surface area contributed by atoms with Crippen molar-refractivity contribution in [2.75, 3.05) is 13.7 Å². The van der Waals surface area contributed by atoms with Crippen molar-refractivity contribution in [3.05, 3.63) is 29.8 Å². The molecule has 1 saturated carbocycles. The van der Waals surface area contributed by atoms with Crippen LogP contribution in [-0.2, 0) is 16.1 Å². The van der Waals surface area contributed by atoms with Crippen LogP contribution in [0.4, 0.5) is 0 Å². The Bertz CT molecular complexity index is 439. The van der Waals surface area contributed by atoms with E-state index in [9.17, 15) is 4.79 Å². The van der Waals surface area contributed by atoms with Crippen LogP contribution >= 0.6 is 0 Å². The highest BCUT2D eigenvalue weighted by Crippen LogP contribution is 2.38. The molecule has 0 heterocycles. The predicted molar refractivity (Wildman–Crippen MR) is 72.7 cm³/mol. The molecule has 0 bridgehead atoms. The Kier molecular flexibility index (Phi) is 4.43. The van der Waals surface area contributed by atoms with Crippen molar-refractivity contribution in [3.8, 4) is 5.75 Å².